The molecule has 100 valence electrons. The molecule has 0 aliphatic heterocycles. The molecule has 3 nitrogen and oxygen atoms in total. The van der Waals surface area contributed by atoms with Crippen molar-refractivity contribution < 1.29 is 9.53 Å². The zero-order valence-corrected chi connectivity index (χ0v) is 11.7. The number of amides is 1. The lowest BCUT2D eigenvalue weighted by molar-refractivity contribution is 0.160. The van der Waals surface area contributed by atoms with Crippen LogP contribution in [0.1, 0.15) is 46.1 Å². The Morgan fingerprint density at radius 2 is 1.83 bits per heavy atom. The molecule has 1 amide bonds. The Morgan fingerprint density at radius 3 is 2.33 bits per heavy atom. The van der Waals surface area contributed by atoms with Crippen LogP contribution in [-0.2, 0) is 10.2 Å². The molecule has 0 bridgehead atoms. The van der Waals surface area contributed by atoms with Crippen molar-refractivity contribution in [2.24, 2.45) is 0 Å². The second kappa shape index (κ2) is 6.43. The van der Waals surface area contributed by atoms with Crippen molar-refractivity contribution >= 4 is 11.8 Å². The molecule has 0 aromatic heterocycles. The summed E-state index contributed by atoms with van der Waals surface area (Å²) in [4.78, 5) is 11.4. The van der Waals surface area contributed by atoms with Gasteiger partial charge in [-0.25, -0.2) is 4.79 Å². The molecular weight excluding hydrogens is 226 g/mol. The second-order valence-electron chi connectivity index (χ2n) is 5.44. The van der Waals surface area contributed by atoms with Crippen LogP contribution in [0.4, 0.5) is 10.5 Å². The van der Waals surface area contributed by atoms with Crippen molar-refractivity contribution in [2.75, 3.05) is 11.9 Å². The fourth-order valence-electron chi connectivity index (χ4n) is 1.52. The highest BCUT2D eigenvalue weighted by Crippen LogP contribution is 2.23. The highest BCUT2D eigenvalue weighted by molar-refractivity contribution is 5.84. The fourth-order valence-corrected chi connectivity index (χ4v) is 1.52. The fraction of sp³-hybridized carbons (Fsp3) is 0.533. The summed E-state index contributed by atoms with van der Waals surface area (Å²) < 4.78 is 5.03. The lowest BCUT2D eigenvalue weighted by atomic mass is 9.87. The van der Waals surface area contributed by atoms with Gasteiger partial charge in [0.2, 0.25) is 0 Å². The van der Waals surface area contributed by atoms with Crippen molar-refractivity contribution in [3.8, 4) is 0 Å². The molecule has 0 radical (unpaired) electrons. The summed E-state index contributed by atoms with van der Waals surface area (Å²) in [5.74, 6) is 0. The zero-order chi connectivity index (χ0) is 13.6. The van der Waals surface area contributed by atoms with E-state index in [-0.39, 0.29) is 11.5 Å². The average Bonchev–Trinajstić information content (AvgIpc) is 2.29. The van der Waals surface area contributed by atoms with Gasteiger partial charge in [-0.1, -0.05) is 46.2 Å². The Hall–Kier alpha value is -1.51. The maximum Gasteiger partial charge on any atom is 0.411 e. The minimum absolute atomic E-state index is 0.125. The van der Waals surface area contributed by atoms with Gasteiger partial charge >= 0.3 is 6.09 Å². The first-order valence-corrected chi connectivity index (χ1v) is 6.48. The van der Waals surface area contributed by atoms with Gasteiger partial charge in [0.15, 0.2) is 0 Å². The molecule has 0 saturated heterocycles. The van der Waals surface area contributed by atoms with Crippen LogP contribution in [-0.4, -0.2) is 12.7 Å². The number of hydrogen-bond donors (Lipinski definition) is 1. The van der Waals surface area contributed by atoms with Crippen molar-refractivity contribution in [1.82, 2.24) is 0 Å². The topological polar surface area (TPSA) is 38.3 Å². The second-order valence-corrected chi connectivity index (χ2v) is 5.44. The highest BCUT2D eigenvalue weighted by atomic mass is 16.5. The minimum atomic E-state index is -0.382. The van der Waals surface area contributed by atoms with Crippen LogP contribution in [0.15, 0.2) is 24.3 Å². The summed E-state index contributed by atoms with van der Waals surface area (Å²) in [5.41, 5.74) is 2.14. The first-order valence-electron chi connectivity index (χ1n) is 6.48. The molecular formula is C15H23NO2. The van der Waals surface area contributed by atoms with Crippen LogP contribution < -0.4 is 5.32 Å². The lowest BCUT2D eigenvalue weighted by Crippen LogP contribution is -2.15. The number of anilines is 1. The van der Waals surface area contributed by atoms with Gasteiger partial charge < -0.3 is 4.74 Å². The molecule has 1 aromatic carbocycles. The molecule has 3 heteroatoms. The largest absolute Gasteiger partial charge is 0.449 e. The summed E-state index contributed by atoms with van der Waals surface area (Å²) in [7, 11) is 0. The van der Waals surface area contributed by atoms with Gasteiger partial charge in [0.05, 0.1) is 6.61 Å². The van der Waals surface area contributed by atoms with Crippen LogP contribution in [0.25, 0.3) is 0 Å². The van der Waals surface area contributed by atoms with Gasteiger partial charge in [0.25, 0.3) is 0 Å². The number of benzene rings is 1. The summed E-state index contributed by atoms with van der Waals surface area (Å²) in [6.07, 6.45) is 1.54. The van der Waals surface area contributed by atoms with Crippen LogP contribution in [0.2, 0.25) is 0 Å². The van der Waals surface area contributed by atoms with E-state index in [1.165, 1.54) is 5.56 Å². The van der Waals surface area contributed by atoms with Crippen molar-refractivity contribution in [2.45, 2.75) is 46.0 Å². The van der Waals surface area contributed by atoms with Gasteiger partial charge in [-0.05, 0) is 29.5 Å². The van der Waals surface area contributed by atoms with Gasteiger partial charge in [-0.3, -0.25) is 5.32 Å². The number of carbonyl (C=O) groups excluding carboxylic acids is 1. The van der Waals surface area contributed by atoms with Gasteiger partial charge in [-0.15, -0.1) is 0 Å². The molecule has 1 rings (SSSR count). The smallest absolute Gasteiger partial charge is 0.411 e. The van der Waals surface area contributed by atoms with E-state index in [4.69, 9.17) is 4.74 Å². The highest BCUT2D eigenvalue weighted by Gasteiger charge is 2.13. The molecule has 0 fully saturated rings. The van der Waals surface area contributed by atoms with Crippen molar-refractivity contribution in [1.29, 1.82) is 0 Å². The van der Waals surface area contributed by atoms with Gasteiger partial charge in [0, 0.05) is 5.69 Å². The number of unbranched alkanes of at least 4 members (excludes halogenated alkanes) is 1. The van der Waals surface area contributed by atoms with Crippen LogP contribution in [0.5, 0.6) is 0 Å². The van der Waals surface area contributed by atoms with Gasteiger partial charge in [0.1, 0.15) is 0 Å². The van der Waals surface area contributed by atoms with E-state index in [2.05, 4.69) is 33.0 Å². The third-order valence-electron chi connectivity index (χ3n) is 2.73. The molecule has 18 heavy (non-hydrogen) atoms. The molecule has 1 aromatic rings. The number of hydrogen-bond acceptors (Lipinski definition) is 2. The first kappa shape index (κ1) is 14.6. The maximum atomic E-state index is 11.4. The van der Waals surface area contributed by atoms with E-state index in [1.807, 2.05) is 24.3 Å². The van der Waals surface area contributed by atoms with Gasteiger partial charge in [-0.2, -0.15) is 0 Å². The molecule has 0 atom stereocenters. The van der Waals surface area contributed by atoms with E-state index in [0.717, 1.165) is 18.5 Å². The number of ether oxygens (including phenoxy) is 1. The Bertz CT molecular complexity index is 376. The normalized spacial score (nSPS) is 11.1. The first-order chi connectivity index (χ1) is 8.43. The van der Waals surface area contributed by atoms with Crippen LogP contribution in [0.3, 0.4) is 0 Å². The molecule has 0 spiro atoms. The number of nitrogens with one attached hydrogen (secondary N) is 1. The Morgan fingerprint density at radius 1 is 1.22 bits per heavy atom. The molecule has 0 aliphatic carbocycles. The molecule has 0 unspecified atom stereocenters. The predicted molar refractivity (Wildman–Crippen MR) is 75.0 cm³/mol. The Labute approximate surface area is 110 Å². The van der Waals surface area contributed by atoms with Crippen LogP contribution in [0, 0.1) is 0 Å². The van der Waals surface area contributed by atoms with E-state index in [0.29, 0.717) is 6.61 Å². The minimum Gasteiger partial charge on any atom is -0.449 e. The molecule has 0 heterocycles. The predicted octanol–water partition coefficient (Wildman–Crippen LogP) is 4.33. The molecule has 1 N–H and O–H groups in total. The Balaban J connectivity index is 2.51. The standard InChI is InChI=1S/C15H23NO2/c1-5-6-11-18-14(17)16-13-9-7-12(8-10-13)15(2,3)4/h7-10H,5-6,11H2,1-4H3,(H,16,17). The lowest BCUT2D eigenvalue weighted by Gasteiger charge is -2.19. The van der Waals surface area contributed by atoms with E-state index in [1.54, 1.807) is 0 Å². The Kier molecular flexibility index (Phi) is 5.20. The summed E-state index contributed by atoms with van der Waals surface area (Å²) >= 11 is 0. The molecule has 0 saturated carbocycles. The third-order valence-corrected chi connectivity index (χ3v) is 2.73. The third kappa shape index (κ3) is 4.78. The zero-order valence-electron chi connectivity index (χ0n) is 11.7. The van der Waals surface area contributed by atoms with E-state index < -0.39 is 0 Å². The number of carbonyl (C=O) groups is 1. The van der Waals surface area contributed by atoms with Crippen LogP contribution >= 0.6 is 0 Å². The number of rotatable bonds is 4. The molecule has 0 aliphatic rings. The quantitative estimate of drug-likeness (QED) is 0.806. The van der Waals surface area contributed by atoms with E-state index in [9.17, 15) is 4.79 Å². The SMILES string of the molecule is CCCCOC(=O)Nc1ccc(C(C)(C)C)cc1. The van der Waals surface area contributed by atoms with Crippen molar-refractivity contribution in [3.05, 3.63) is 29.8 Å². The van der Waals surface area contributed by atoms with Crippen molar-refractivity contribution in [3.63, 3.8) is 0 Å². The maximum absolute atomic E-state index is 11.4. The van der Waals surface area contributed by atoms with E-state index >= 15 is 0 Å². The summed E-state index contributed by atoms with van der Waals surface area (Å²) in [5, 5.41) is 2.72. The average molecular weight is 249 g/mol. The monoisotopic (exact) mass is 249 g/mol. The summed E-state index contributed by atoms with van der Waals surface area (Å²) in [6.45, 7) is 9.02. The summed E-state index contributed by atoms with van der Waals surface area (Å²) in [6, 6.07) is 7.87.